The fourth-order valence-electron chi connectivity index (χ4n) is 3.84. The fraction of sp³-hybridized carbons (Fsp3) is 0.524. The van der Waals surface area contributed by atoms with Gasteiger partial charge in [0.1, 0.15) is 12.1 Å². The van der Waals surface area contributed by atoms with Crippen molar-refractivity contribution in [3.63, 3.8) is 0 Å². The number of nitrogens with zero attached hydrogens (tertiary/aromatic N) is 2. The number of nitrogens with one attached hydrogen (secondary N) is 1. The molecule has 2 fully saturated rings. The molecule has 1 aliphatic heterocycles. The maximum absolute atomic E-state index is 12.6. The lowest BCUT2D eigenvalue weighted by Crippen LogP contribution is -2.44. The molecular formula is C21H27N3O6. The lowest BCUT2D eigenvalue weighted by Gasteiger charge is -2.23. The number of ether oxygens (including phenoxy) is 2. The Kier molecular flexibility index (Phi) is 7.04. The molecule has 1 spiro atoms. The number of urea groups is 1. The molecule has 1 N–H and O–H groups in total. The van der Waals surface area contributed by atoms with Gasteiger partial charge in [-0.3, -0.25) is 19.3 Å². The van der Waals surface area contributed by atoms with Crippen LogP contribution in [0.2, 0.25) is 0 Å². The monoisotopic (exact) mass is 417 g/mol. The second kappa shape index (κ2) is 9.71. The number of esters is 1. The number of rotatable bonds is 9. The van der Waals surface area contributed by atoms with Crippen molar-refractivity contribution in [2.75, 3.05) is 33.4 Å². The summed E-state index contributed by atoms with van der Waals surface area (Å²) < 4.78 is 10.1. The van der Waals surface area contributed by atoms with E-state index in [9.17, 15) is 19.2 Å². The third-order valence-electron chi connectivity index (χ3n) is 5.48. The van der Waals surface area contributed by atoms with Crippen molar-refractivity contribution in [1.82, 2.24) is 15.1 Å². The van der Waals surface area contributed by atoms with Crippen LogP contribution in [0, 0.1) is 0 Å². The largest absolute Gasteiger partial charge is 0.454 e. The number of hydrogen-bond acceptors (Lipinski definition) is 6. The van der Waals surface area contributed by atoms with E-state index < -0.39 is 30.7 Å². The normalized spacial score (nSPS) is 17.3. The molecule has 0 atom stereocenters. The summed E-state index contributed by atoms with van der Waals surface area (Å²) in [6.45, 7) is 0.0745. The lowest BCUT2D eigenvalue weighted by atomic mass is 9.98. The number of amides is 4. The van der Waals surface area contributed by atoms with Crippen LogP contribution in [0.25, 0.3) is 0 Å². The van der Waals surface area contributed by atoms with Gasteiger partial charge in [-0.25, -0.2) is 4.79 Å². The standard InChI is InChI=1S/C21H27N3O6/c1-29-12-11-23(13-16-7-3-2-4-8-16)17(25)15-30-18(26)14-24-19(27)21(22-20(24)28)9-5-6-10-21/h2-4,7-8H,5-6,9-15H2,1H3,(H,22,28). The smallest absolute Gasteiger partial charge is 0.326 e. The number of carbonyl (C=O) groups excluding carboxylic acids is 4. The molecule has 1 saturated heterocycles. The van der Waals surface area contributed by atoms with Crippen molar-refractivity contribution in [1.29, 1.82) is 0 Å². The first-order valence-corrected chi connectivity index (χ1v) is 10.1. The number of carbonyl (C=O) groups is 4. The Hall–Kier alpha value is -2.94. The first-order chi connectivity index (χ1) is 14.4. The third-order valence-corrected chi connectivity index (χ3v) is 5.48. The van der Waals surface area contributed by atoms with Crippen LogP contribution in [-0.4, -0.2) is 72.6 Å². The van der Waals surface area contributed by atoms with E-state index in [2.05, 4.69) is 5.32 Å². The first kappa shape index (κ1) is 21.8. The second-order valence-electron chi connectivity index (χ2n) is 7.57. The van der Waals surface area contributed by atoms with Crippen LogP contribution in [0.3, 0.4) is 0 Å². The van der Waals surface area contributed by atoms with Crippen molar-refractivity contribution in [3.05, 3.63) is 35.9 Å². The maximum atomic E-state index is 12.6. The van der Waals surface area contributed by atoms with Gasteiger partial charge in [0.05, 0.1) is 6.61 Å². The molecule has 1 aliphatic carbocycles. The van der Waals surface area contributed by atoms with Gasteiger partial charge in [-0.15, -0.1) is 0 Å². The van der Waals surface area contributed by atoms with Crippen LogP contribution < -0.4 is 5.32 Å². The summed E-state index contributed by atoms with van der Waals surface area (Å²) in [4.78, 5) is 51.9. The molecule has 1 aromatic rings. The average Bonchev–Trinajstić information content (AvgIpc) is 3.30. The highest BCUT2D eigenvalue weighted by molar-refractivity contribution is 6.08. The maximum Gasteiger partial charge on any atom is 0.326 e. The van der Waals surface area contributed by atoms with Crippen LogP contribution in [0.15, 0.2) is 30.3 Å². The van der Waals surface area contributed by atoms with Crippen LogP contribution in [-0.2, 0) is 30.4 Å². The predicted molar refractivity (Wildman–Crippen MR) is 106 cm³/mol. The van der Waals surface area contributed by atoms with E-state index in [-0.39, 0.29) is 11.8 Å². The Morgan fingerprint density at radius 1 is 1.17 bits per heavy atom. The minimum absolute atomic E-state index is 0.344. The van der Waals surface area contributed by atoms with E-state index in [0.717, 1.165) is 23.3 Å². The fourth-order valence-corrected chi connectivity index (χ4v) is 3.84. The summed E-state index contributed by atoms with van der Waals surface area (Å²) in [5.41, 5.74) is 0.0641. The lowest BCUT2D eigenvalue weighted by molar-refractivity contribution is -0.154. The van der Waals surface area contributed by atoms with E-state index in [1.807, 2.05) is 30.3 Å². The van der Waals surface area contributed by atoms with E-state index in [4.69, 9.17) is 9.47 Å². The van der Waals surface area contributed by atoms with Gasteiger partial charge in [-0.05, 0) is 18.4 Å². The summed E-state index contributed by atoms with van der Waals surface area (Å²) in [6.07, 6.45) is 2.88. The number of hydrogen-bond donors (Lipinski definition) is 1. The molecule has 0 aromatic heterocycles. The summed E-state index contributed by atoms with van der Waals surface area (Å²) in [5, 5.41) is 2.71. The van der Waals surface area contributed by atoms with Crippen LogP contribution in [0.5, 0.6) is 0 Å². The number of methoxy groups -OCH3 is 1. The summed E-state index contributed by atoms with van der Waals surface area (Å²) in [7, 11) is 1.54. The molecule has 0 unspecified atom stereocenters. The predicted octanol–water partition coefficient (Wildman–Crippen LogP) is 1.07. The van der Waals surface area contributed by atoms with Crippen molar-refractivity contribution >= 4 is 23.8 Å². The highest BCUT2D eigenvalue weighted by Gasteiger charge is 2.52. The Bertz CT molecular complexity index is 791. The number of imide groups is 1. The zero-order chi connectivity index (χ0) is 21.6. The minimum atomic E-state index is -0.875. The van der Waals surface area contributed by atoms with Gasteiger partial charge in [0.2, 0.25) is 0 Å². The van der Waals surface area contributed by atoms with E-state index >= 15 is 0 Å². The van der Waals surface area contributed by atoms with Crippen molar-refractivity contribution in [2.24, 2.45) is 0 Å². The Morgan fingerprint density at radius 3 is 2.53 bits per heavy atom. The second-order valence-corrected chi connectivity index (χ2v) is 7.57. The average molecular weight is 417 g/mol. The van der Waals surface area contributed by atoms with Gasteiger partial charge in [0.25, 0.3) is 11.8 Å². The zero-order valence-electron chi connectivity index (χ0n) is 17.1. The van der Waals surface area contributed by atoms with Crippen molar-refractivity contribution in [2.45, 2.75) is 37.8 Å². The van der Waals surface area contributed by atoms with Gasteiger partial charge >= 0.3 is 12.0 Å². The van der Waals surface area contributed by atoms with Crippen LogP contribution in [0.4, 0.5) is 4.79 Å². The third kappa shape index (κ3) is 4.96. The Balaban J connectivity index is 1.52. The van der Waals surface area contributed by atoms with Gasteiger partial charge in [0.15, 0.2) is 6.61 Å². The van der Waals surface area contributed by atoms with E-state index in [1.54, 1.807) is 7.11 Å². The van der Waals surface area contributed by atoms with Gasteiger partial charge < -0.3 is 19.7 Å². The molecule has 9 nitrogen and oxygen atoms in total. The molecule has 0 bridgehead atoms. The zero-order valence-corrected chi connectivity index (χ0v) is 17.1. The summed E-state index contributed by atoms with van der Waals surface area (Å²) in [6, 6.07) is 8.85. The molecule has 162 valence electrons. The molecular weight excluding hydrogens is 390 g/mol. The molecule has 1 saturated carbocycles. The van der Waals surface area contributed by atoms with Crippen molar-refractivity contribution in [3.8, 4) is 0 Å². The quantitative estimate of drug-likeness (QED) is 0.476. The molecule has 4 amide bonds. The summed E-state index contributed by atoms with van der Waals surface area (Å²) in [5.74, 6) is -1.57. The summed E-state index contributed by atoms with van der Waals surface area (Å²) >= 11 is 0. The highest BCUT2D eigenvalue weighted by Crippen LogP contribution is 2.34. The van der Waals surface area contributed by atoms with Crippen LogP contribution in [0.1, 0.15) is 31.2 Å². The van der Waals surface area contributed by atoms with Gasteiger partial charge in [-0.1, -0.05) is 43.2 Å². The molecule has 0 radical (unpaired) electrons. The highest BCUT2D eigenvalue weighted by atomic mass is 16.5. The van der Waals surface area contributed by atoms with E-state index in [1.165, 1.54) is 4.90 Å². The van der Waals surface area contributed by atoms with Crippen molar-refractivity contribution < 1.29 is 28.7 Å². The van der Waals surface area contributed by atoms with Crippen LogP contribution >= 0.6 is 0 Å². The van der Waals surface area contributed by atoms with Gasteiger partial charge in [0, 0.05) is 20.2 Å². The molecule has 9 heteroatoms. The van der Waals surface area contributed by atoms with Gasteiger partial charge in [-0.2, -0.15) is 0 Å². The SMILES string of the molecule is COCCN(Cc1ccccc1)C(=O)COC(=O)CN1C(=O)NC2(CCCC2)C1=O. The molecule has 1 aromatic carbocycles. The van der Waals surface area contributed by atoms with E-state index in [0.29, 0.717) is 32.5 Å². The molecule has 30 heavy (non-hydrogen) atoms. The molecule has 3 rings (SSSR count). The minimum Gasteiger partial charge on any atom is -0.454 e. The molecule has 2 aliphatic rings. The Morgan fingerprint density at radius 2 is 1.87 bits per heavy atom. The number of benzene rings is 1. The first-order valence-electron chi connectivity index (χ1n) is 10.1. The topological polar surface area (TPSA) is 105 Å². The molecule has 1 heterocycles. The Labute approximate surface area is 175 Å².